The minimum Gasteiger partial charge on any atom is -0.393 e. The van der Waals surface area contributed by atoms with Crippen molar-refractivity contribution in [3.05, 3.63) is 48.0 Å². The van der Waals surface area contributed by atoms with E-state index in [4.69, 9.17) is 0 Å². The van der Waals surface area contributed by atoms with Crippen molar-refractivity contribution in [2.45, 2.75) is 83.8 Å². The summed E-state index contributed by atoms with van der Waals surface area (Å²) in [6.45, 7) is 3.87. The van der Waals surface area contributed by atoms with E-state index in [9.17, 15) is 15.0 Å². The number of allylic oxidation sites excluding steroid dienone is 2. The molecule has 0 aliphatic heterocycles. The number of hydrogen-bond donors (Lipinski definition) is 2. The smallest absolute Gasteiger partial charge is 0.129 e. The van der Waals surface area contributed by atoms with Gasteiger partial charge in [-0.05, 0) is 81.6 Å². The van der Waals surface area contributed by atoms with Crippen molar-refractivity contribution in [2.75, 3.05) is 0 Å². The highest BCUT2D eigenvalue weighted by molar-refractivity contribution is 5.75. The van der Waals surface area contributed by atoms with Crippen LogP contribution in [0.2, 0.25) is 0 Å². The van der Waals surface area contributed by atoms with E-state index in [1.54, 1.807) is 6.92 Å². The predicted molar refractivity (Wildman–Crippen MR) is 115 cm³/mol. The van der Waals surface area contributed by atoms with Crippen molar-refractivity contribution in [3.8, 4) is 0 Å². The van der Waals surface area contributed by atoms with Gasteiger partial charge in [0.1, 0.15) is 5.78 Å². The summed E-state index contributed by atoms with van der Waals surface area (Å²) in [6.07, 6.45) is 11.6. The Hall–Kier alpha value is -1.45. The molecule has 1 aliphatic carbocycles. The van der Waals surface area contributed by atoms with Crippen LogP contribution in [0.1, 0.15) is 70.8 Å². The second-order valence-electron chi connectivity index (χ2n) is 8.66. The average molecular weight is 387 g/mol. The van der Waals surface area contributed by atoms with Gasteiger partial charge in [-0.15, -0.1) is 0 Å². The van der Waals surface area contributed by atoms with Crippen molar-refractivity contribution >= 4 is 5.78 Å². The maximum absolute atomic E-state index is 11.0. The van der Waals surface area contributed by atoms with Gasteiger partial charge in [-0.2, -0.15) is 0 Å². The number of carbonyl (C=O) groups is 1. The van der Waals surface area contributed by atoms with E-state index < -0.39 is 0 Å². The molecular formula is C25H38O3. The number of hydrogen-bond acceptors (Lipinski definition) is 3. The minimum atomic E-state index is -0.270. The molecule has 3 heteroatoms. The van der Waals surface area contributed by atoms with E-state index in [1.807, 2.05) is 18.2 Å². The molecular weight excluding hydrogens is 348 g/mol. The third-order valence-corrected chi connectivity index (χ3v) is 6.31. The zero-order valence-electron chi connectivity index (χ0n) is 17.6. The highest BCUT2D eigenvalue weighted by Gasteiger charge is 2.39. The van der Waals surface area contributed by atoms with Gasteiger partial charge in [0.15, 0.2) is 0 Å². The highest BCUT2D eigenvalue weighted by Crippen LogP contribution is 2.42. The standard InChI is InChI=1S/C25H38O3/c1-19-18-25(28)24(13-9-4-3-6-10-20(2)26)23(19)17-16-22(27)15-14-21-11-7-5-8-12-21/h4-5,7-9,11-12,19,22-25,27-28H,3,6,10,13-18H2,1-2H3. The fourth-order valence-electron chi connectivity index (χ4n) is 4.62. The third-order valence-electron chi connectivity index (χ3n) is 6.31. The van der Waals surface area contributed by atoms with Crippen LogP contribution in [-0.2, 0) is 11.2 Å². The van der Waals surface area contributed by atoms with Gasteiger partial charge in [-0.1, -0.05) is 49.4 Å². The number of aliphatic hydroxyl groups is 2. The van der Waals surface area contributed by atoms with Gasteiger partial charge in [-0.25, -0.2) is 0 Å². The van der Waals surface area contributed by atoms with Crippen LogP contribution in [0, 0.1) is 17.8 Å². The van der Waals surface area contributed by atoms with Crippen molar-refractivity contribution in [1.82, 2.24) is 0 Å². The molecule has 28 heavy (non-hydrogen) atoms. The molecule has 1 aromatic rings. The number of rotatable bonds is 12. The van der Waals surface area contributed by atoms with Crippen molar-refractivity contribution in [3.63, 3.8) is 0 Å². The zero-order valence-corrected chi connectivity index (χ0v) is 17.6. The Morgan fingerprint density at radius 1 is 1.18 bits per heavy atom. The van der Waals surface area contributed by atoms with E-state index in [-0.39, 0.29) is 18.0 Å². The Balaban J connectivity index is 1.74. The normalized spacial score (nSPS) is 26.0. The van der Waals surface area contributed by atoms with Crippen LogP contribution in [0.4, 0.5) is 0 Å². The summed E-state index contributed by atoms with van der Waals surface area (Å²) in [5.41, 5.74) is 1.28. The van der Waals surface area contributed by atoms with Gasteiger partial charge in [0, 0.05) is 6.42 Å². The fraction of sp³-hybridized carbons (Fsp3) is 0.640. The van der Waals surface area contributed by atoms with Crippen molar-refractivity contribution in [2.24, 2.45) is 17.8 Å². The molecule has 1 aromatic carbocycles. The molecule has 2 N–H and O–H groups in total. The van der Waals surface area contributed by atoms with E-state index >= 15 is 0 Å². The molecule has 5 unspecified atom stereocenters. The largest absolute Gasteiger partial charge is 0.393 e. The zero-order chi connectivity index (χ0) is 20.4. The topological polar surface area (TPSA) is 57.5 Å². The molecule has 0 bridgehead atoms. The van der Waals surface area contributed by atoms with Gasteiger partial charge >= 0.3 is 0 Å². The molecule has 2 rings (SSSR count). The van der Waals surface area contributed by atoms with E-state index in [0.717, 1.165) is 51.4 Å². The minimum absolute atomic E-state index is 0.233. The molecule has 0 saturated heterocycles. The maximum atomic E-state index is 11.0. The molecule has 3 nitrogen and oxygen atoms in total. The molecule has 0 amide bonds. The molecule has 0 heterocycles. The van der Waals surface area contributed by atoms with Crippen LogP contribution in [-0.4, -0.2) is 28.2 Å². The molecule has 1 saturated carbocycles. The Labute approximate surface area is 170 Å². The lowest BCUT2D eigenvalue weighted by atomic mass is 9.83. The van der Waals surface area contributed by atoms with E-state index in [1.165, 1.54) is 5.56 Å². The number of Topliss-reactive ketones (excluding diaryl/α,β-unsaturated/α-hetero) is 1. The van der Waals surface area contributed by atoms with Crippen LogP contribution in [0.15, 0.2) is 42.5 Å². The van der Waals surface area contributed by atoms with Crippen molar-refractivity contribution < 1.29 is 15.0 Å². The summed E-state index contributed by atoms with van der Waals surface area (Å²) in [7, 11) is 0. The second-order valence-corrected chi connectivity index (χ2v) is 8.66. The van der Waals surface area contributed by atoms with Crippen LogP contribution in [0.5, 0.6) is 0 Å². The summed E-state index contributed by atoms with van der Waals surface area (Å²) in [6, 6.07) is 10.3. The molecule has 1 fully saturated rings. The molecule has 156 valence electrons. The van der Waals surface area contributed by atoms with E-state index in [2.05, 4.69) is 31.2 Å². The Morgan fingerprint density at radius 2 is 1.93 bits per heavy atom. The monoisotopic (exact) mass is 386 g/mol. The molecule has 0 radical (unpaired) electrons. The molecule has 1 aliphatic rings. The Bertz CT molecular complexity index is 595. The summed E-state index contributed by atoms with van der Waals surface area (Å²) < 4.78 is 0. The number of aryl methyl sites for hydroxylation is 1. The number of carbonyl (C=O) groups excluding carboxylic acids is 1. The first-order valence-electron chi connectivity index (χ1n) is 11.0. The lowest BCUT2D eigenvalue weighted by Gasteiger charge is -2.24. The van der Waals surface area contributed by atoms with Gasteiger partial charge in [0.05, 0.1) is 12.2 Å². The van der Waals surface area contributed by atoms with Crippen molar-refractivity contribution in [1.29, 1.82) is 0 Å². The number of unbranched alkanes of at least 4 members (excludes halogenated alkanes) is 1. The SMILES string of the molecule is CC(=O)CCCC=CCC1C(O)CC(C)C1CCC(O)CCc1ccccc1. The molecule has 0 spiro atoms. The lowest BCUT2D eigenvalue weighted by molar-refractivity contribution is -0.117. The van der Waals surface area contributed by atoms with Crippen LogP contribution < -0.4 is 0 Å². The first kappa shape index (κ1) is 22.8. The first-order valence-corrected chi connectivity index (χ1v) is 11.0. The van der Waals surface area contributed by atoms with Gasteiger partial charge in [0.25, 0.3) is 0 Å². The Morgan fingerprint density at radius 3 is 2.64 bits per heavy atom. The van der Waals surface area contributed by atoms with Gasteiger partial charge in [-0.3, -0.25) is 0 Å². The molecule has 0 aromatic heterocycles. The summed E-state index contributed by atoms with van der Waals surface area (Å²) >= 11 is 0. The fourth-order valence-corrected chi connectivity index (χ4v) is 4.62. The second kappa shape index (κ2) is 12.2. The van der Waals surface area contributed by atoms with Crippen LogP contribution in [0.3, 0.4) is 0 Å². The number of benzene rings is 1. The summed E-state index contributed by atoms with van der Waals surface area (Å²) in [5, 5.41) is 20.9. The quantitative estimate of drug-likeness (QED) is 0.388. The Kier molecular flexibility index (Phi) is 9.94. The maximum Gasteiger partial charge on any atom is 0.129 e. The third kappa shape index (κ3) is 7.89. The van der Waals surface area contributed by atoms with Crippen LogP contribution >= 0.6 is 0 Å². The number of ketones is 1. The number of aliphatic hydroxyl groups excluding tert-OH is 2. The lowest BCUT2D eigenvalue weighted by Crippen LogP contribution is -2.21. The van der Waals surface area contributed by atoms with E-state index in [0.29, 0.717) is 24.2 Å². The first-order chi connectivity index (χ1) is 13.5. The highest BCUT2D eigenvalue weighted by atomic mass is 16.3. The van der Waals surface area contributed by atoms with Crippen LogP contribution in [0.25, 0.3) is 0 Å². The summed E-state index contributed by atoms with van der Waals surface area (Å²) in [5.74, 6) is 1.52. The average Bonchev–Trinajstić information content (AvgIpc) is 2.94. The summed E-state index contributed by atoms with van der Waals surface area (Å²) in [4.78, 5) is 11.0. The predicted octanol–water partition coefficient (Wildman–Crippen LogP) is 5.10. The van der Waals surface area contributed by atoms with Gasteiger partial charge in [0.2, 0.25) is 0 Å². The van der Waals surface area contributed by atoms with Gasteiger partial charge < -0.3 is 15.0 Å². The molecule has 5 atom stereocenters.